The Labute approximate surface area is 112 Å². The first kappa shape index (κ1) is 13.3. The average Bonchev–Trinajstić information content (AvgIpc) is 2.46. The zero-order valence-electron chi connectivity index (χ0n) is 11.3. The number of allylic oxidation sites excluding steroid dienone is 2. The summed E-state index contributed by atoms with van der Waals surface area (Å²) in [5, 5.41) is 10.2. The highest BCUT2D eigenvalue weighted by atomic mass is 16.5. The first-order valence-electron chi connectivity index (χ1n) is 6.05. The summed E-state index contributed by atoms with van der Waals surface area (Å²) in [6.45, 7) is 0. The number of rotatable bonds is 4. The Morgan fingerprint density at radius 1 is 1.00 bits per heavy atom. The summed E-state index contributed by atoms with van der Waals surface area (Å²) in [6.07, 6.45) is 4.54. The maximum absolute atomic E-state index is 10.2. The van der Waals surface area contributed by atoms with Crippen LogP contribution in [0, 0.1) is 0 Å². The van der Waals surface area contributed by atoms with Crippen molar-refractivity contribution in [3.8, 4) is 11.5 Å². The molecule has 2 rings (SSSR count). The van der Waals surface area contributed by atoms with E-state index in [0.717, 1.165) is 5.56 Å². The second kappa shape index (κ2) is 5.69. The maximum atomic E-state index is 10.2. The molecule has 0 aromatic heterocycles. The molecule has 1 N–H and O–H groups in total. The first-order chi connectivity index (χ1) is 9.19. The Kier molecular flexibility index (Phi) is 4.00. The molecule has 0 heterocycles. The van der Waals surface area contributed by atoms with E-state index in [1.807, 2.05) is 24.3 Å². The Morgan fingerprint density at radius 3 is 2.16 bits per heavy atom. The highest BCUT2D eigenvalue weighted by Gasteiger charge is 2.22. The van der Waals surface area contributed by atoms with E-state index in [-0.39, 0.29) is 11.7 Å². The van der Waals surface area contributed by atoms with Crippen molar-refractivity contribution in [2.24, 2.45) is 0 Å². The number of methoxy groups -OCH3 is 3. The summed E-state index contributed by atoms with van der Waals surface area (Å²) in [5.41, 5.74) is 0.902. The molecule has 0 saturated heterocycles. The summed E-state index contributed by atoms with van der Waals surface area (Å²) in [6, 6.07) is 5.56. The number of hydrogen-bond donors (Lipinski definition) is 1. The van der Waals surface area contributed by atoms with Gasteiger partial charge in [-0.15, -0.1) is 0 Å². The third-order valence-electron chi connectivity index (χ3n) is 3.19. The van der Waals surface area contributed by atoms with E-state index in [1.165, 1.54) is 0 Å². The van der Waals surface area contributed by atoms with Crippen LogP contribution < -0.4 is 9.47 Å². The van der Waals surface area contributed by atoms with Gasteiger partial charge in [-0.2, -0.15) is 0 Å². The normalized spacial score (nSPS) is 18.4. The van der Waals surface area contributed by atoms with Crippen LogP contribution in [-0.2, 0) is 4.74 Å². The smallest absolute Gasteiger partial charge is 0.141 e. The number of ether oxygens (including phenoxy) is 3. The van der Waals surface area contributed by atoms with Crippen LogP contribution in [0.15, 0.2) is 41.9 Å². The quantitative estimate of drug-likeness (QED) is 0.847. The molecule has 1 aromatic rings. The molecule has 0 bridgehead atoms. The van der Waals surface area contributed by atoms with Crippen LogP contribution in [0.25, 0.3) is 0 Å². The zero-order chi connectivity index (χ0) is 13.8. The van der Waals surface area contributed by atoms with Crippen molar-refractivity contribution >= 4 is 0 Å². The van der Waals surface area contributed by atoms with Gasteiger partial charge in [0.15, 0.2) is 0 Å². The molecule has 1 unspecified atom stereocenters. The van der Waals surface area contributed by atoms with Gasteiger partial charge in [-0.05, 0) is 17.7 Å². The highest BCUT2D eigenvalue weighted by molar-refractivity contribution is 5.45. The molecule has 1 aliphatic rings. The van der Waals surface area contributed by atoms with Crippen molar-refractivity contribution in [2.75, 3.05) is 21.3 Å². The predicted molar refractivity (Wildman–Crippen MR) is 72.7 cm³/mol. The molecule has 102 valence electrons. The fourth-order valence-corrected chi connectivity index (χ4v) is 2.15. The lowest BCUT2D eigenvalue weighted by atomic mass is 9.91. The standard InChI is InChI=1S/C15H18O4/c1-17-11-7-10(8-12(9-11)18-2)13-5-4-6-14(19-3)15(13)16/h4-5,7-9,13,16H,6H2,1-3H3. The predicted octanol–water partition coefficient (Wildman–Crippen LogP) is 3.16. The van der Waals surface area contributed by atoms with Crippen molar-refractivity contribution in [2.45, 2.75) is 12.3 Å². The Bertz CT molecular complexity index is 495. The minimum atomic E-state index is -0.229. The van der Waals surface area contributed by atoms with Gasteiger partial charge in [-0.25, -0.2) is 0 Å². The Balaban J connectivity index is 2.43. The summed E-state index contributed by atoms with van der Waals surface area (Å²) >= 11 is 0. The Hall–Kier alpha value is -2.10. The van der Waals surface area contributed by atoms with Crippen molar-refractivity contribution in [1.82, 2.24) is 0 Å². The van der Waals surface area contributed by atoms with Crippen LogP contribution in [0.4, 0.5) is 0 Å². The van der Waals surface area contributed by atoms with Crippen molar-refractivity contribution in [3.63, 3.8) is 0 Å². The molecule has 0 saturated carbocycles. The molecule has 4 nitrogen and oxygen atoms in total. The minimum absolute atomic E-state index is 0.229. The summed E-state index contributed by atoms with van der Waals surface area (Å²) in [5.74, 6) is 1.99. The van der Waals surface area contributed by atoms with E-state index < -0.39 is 0 Å². The third-order valence-corrected chi connectivity index (χ3v) is 3.19. The number of aliphatic hydroxyl groups is 1. The molecule has 0 radical (unpaired) electrons. The van der Waals surface area contributed by atoms with Crippen LogP contribution in [-0.4, -0.2) is 26.4 Å². The third kappa shape index (κ3) is 2.67. The van der Waals surface area contributed by atoms with Gasteiger partial charge in [0.05, 0.1) is 27.2 Å². The SMILES string of the molecule is COC1=C(O)C(c2cc(OC)cc(OC)c2)C=CC1. The van der Waals surface area contributed by atoms with Gasteiger partial charge in [-0.3, -0.25) is 0 Å². The highest BCUT2D eigenvalue weighted by Crippen LogP contribution is 2.35. The molecule has 1 atom stereocenters. The fourth-order valence-electron chi connectivity index (χ4n) is 2.15. The molecule has 0 aliphatic heterocycles. The van der Waals surface area contributed by atoms with Gasteiger partial charge in [0.1, 0.15) is 23.0 Å². The number of aliphatic hydroxyl groups excluding tert-OH is 1. The van der Waals surface area contributed by atoms with Gasteiger partial charge in [-0.1, -0.05) is 12.2 Å². The largest absolute Gasteiger partial charge is 0.508 e. The molecule has 1 aliphatic carbocycles. The molecule has 19 heavy (non-hydrogen) atoms. The molecular weight excluding hydrogens is 244 g/mol. The average molecular weight is 262 g/mol. The van der Waals surface area contributed by atoms with E-state index in [1.54, 1.807) is 27.4 Å². The lowest BCUT2D eigenvalue weighted by Crippen LogP contribution is -2.08. The van der Waals surface area contributed by atoms with Gasteiger partial charge in [0, 0.05) is 12.5 Å². The zero-order valence-corrected chi connectivity index (χ0v) is 11.3. The summed E-state index contributed by atoms with van der Waals surface area (Å²) < 4.78 is 15.7. The number of hydrogen-bond acceptors (Lipinski definition) is 4. The second-order valence-electron chi connectivity index (χ2n) is 4.27. The van der Waals surface area contributed by atoms with Crippen LogP contribution in [0.2, 0.25) is 0 Å². The monoisotopic (exact) mass is 262 g/mol. The van der Waals surface area contributed by atoms with E-state index in [2.05, 4.69) is 0 Å². The lowest BCUT2D eigenvalue weighted by Gasteiger charge is -2.20. The number of benzene rings is 1. The van der Waals surface area contributed by atoms with Gasteiger partial charge >= 0.3 is 0 Å². The topological polar surface area (TPSA) is 47.9 Å². The van der Waals surface area contributed by atoms with Crippen LogP contribution in [0.3, 0.4) is 0 Å². The van der Waals surface area contributed by atoms with Crippen molar-refractivity contribution in [3.05, 3.63) is 47.4 Å². The van der Waals surface area contributed by atoms with Crippen molar-refractivity contribution in [1.29, 1.82) is 0 Å². The van der Waals surface area contributed by atoms with E-state index >= 15 is 0 Å². The molecule has 4 heteroatoms. The van der Waals surface area contributed by atoms with Crippen LogP contribution >= 0.6 is 0 Å². The second-order valence-corrected chi connectivity index (χ2v) is 4.27. The lowest BCUT2D eigenvalue weighted by molar-refractivity contribution is 0.237. The molecule has 1 aromatic carbocycles. The van der Waals surface area contributed by atoms with E-state index in [4.69, 9.17) is 14.2 Å². The molecule has 0 amide bonds. The van der Waals surface area contributed by atoms with Gasteiger partial charge < -0.3 is 19.3 Å². The maximum Gasteiger partial charge on any atom is 0.141 e. The Morgan fingerprint density at radius 2 is 1.63 bits per heavy atom. The molecular formula is C15H18O4. The molecule has 0 spiro atoms. The van der Waals surface area contributed by atoms with E-state index in [9.17, 15) is 5.11 Å². The van der Waals surface area contributed by atoms with Crippen LogP contribution in [0.5, 0.6) is 11.5 Å². The summed E-state index contributed by atoms with van der Waals surface area (Å²) in [7, 11) is 4.77. The minimum Gasteiger partial charge on any atom is -0.508 e. The van der Waals surface area contributed by atoms with E-state index in [0.29, 0.717) is 23.7 Å². The van der Waals surface area contributed by atoms with Crippen LogP contribution in [0.1, 0.15) is 17.9 Å². The van der Waals surface area contributed by atoms with Gasteiger partial charge in [0.25, 0.3) is 0 Å². The first-order valence-corrected chi connectivity index (χ1v) is 6.05. The van der Waals surface area contributed by atoms with Gasteiger partial charge in [0.2, 0.25) is 0 Å². The summed E-state index contributed by atoms with van der Waals surface area (Å²) in [4.78, 5) is 0. The fraction of sp³-hybridized carbons (Fsp3) is 0.333. The van der Waals surface area contributed by atoms with Crippen molar-refractivity contribution < 1.29 is 19.3 Å². The molecule has 0 fully saturated rings.